The van der Waals surface area contributed by atoms with Crippen LogP contribution in [0.5, 0.6) is 0 Å². The average Bonchev–Trinajstić information content (AvgIpc) is 2.25. The van der Waals surface area contributed by atoms with E-state index in [1.54, 1.807) is 0 Å². The first kappa shape index (κ1) is 8.85. The Kier molecular flexibility index (Phi) is 2.63. The minimum absolute atomic E-state index is 0.341. The number of fused-ring (bicyclic) bond motifs is 1. The third-order valence-electron chi connectivity index (χ3n) is 2.71. The Hall–Kier alpha value is 0.270. The molecule has 1 saturated carbocycles. The van der Waals surface area contributed by atoms with Crippen LogP contribution in [0.15, 0.2) is 0 Å². The topological polar surface area (TPSA) is 29.5 Å². The summed E-state index contributed by atoms with van der Waals surface area (Å²) in [7, 11) is 0. The van der Waals surface area contributed by atoms with Crippen molar-refractivity contribution in [2.45, 2.75) is 43.1 Å². The van der Waals surface area contributed by atoms with Crippen molar-refractivity contribution >= 4 is 11.8 Å². The molecular weight excluding hydrogens is 172 g/mol. The molecule has 1 N–H and O–H groups in total. The van der Waals surface area contributed by atoms with Gasteiger partial charge in [0.1, 0.15) is 0 Å². The maximum Gasteiger partial charge on any atom is 0.177 e. The molecule has 0 bridgehead atoms. The molecule has 2 nitrogen and oxygen atoms in total. The summed E-state index contributed by atoms with van der Waals surface area (Å²) >= 11 is 1.89. The Labute approximate surface area is 77.7 Å². The highest BCUT2D eigenvalue weighted by molar-refractivity contribution is 7.99. The second-order valence-electron chi connectivity index (χ2n) is 3.65. The minimum atomic E-state index is -0.778. The molecule has 3 heteroatoms. The Bertz CT molecular complexity index is 163. The van der Waals surface area contributed by atoms with Gasteiger partial charge in [0.05, 0.1) is 11.9 Å². The fourth-order valence-corrected chi connectivity index (χ4v) is 3.36. The molecule has 2 atom stereocenters. The van der Waals surface area contributed by atoms with Gasteiger partial charge in [-0.3, -0.25) is 0 Å². The largest absolute Gasteiger partial charge is 0.365 e. The van der Waals surface area contributed by atoms with E-state index in [1.807, 2.05) is 11.8 Å². The molecule has 0 aromatic carbocycles. The van der Waals surface area contributed by atoms with E-state index >= 15 is 0 Å². The third-order valence-corrected chi connectivity index (χ3v) is 4.24. The van der Waals surface area contributed by atoms with Crippen molar-refractivity contribution in [3.8, 4) is 0 Å². The van der Waals surface area contributed by atoms with Crippen LogP contribution in [0.2, 0.25) is 0 Å². The monoisotopic (exact) mass is 188 g/mol. The van der Waals surface area contributed by atoms with E-state index in [2.05, 4.69) is 0 Å². The van der Waals surface area contributed by atoms with Gasteiger partial charge in [-0.15, -0.1) is 0 Å². The van der Waals surface area contributed by atoms with Crippen molar-refractivity contribution in [3.05, 3.63) is 0 Å². The normalized spacial score (nSPS) is 43.2. The van der Waals surface area contributed by atoms with E-state index in [-0.39, 0.29) is 0 Å². The van der Waals surface area contributed by atoms with Crippen LogP contribution in [0.3, 0.4) is 0 Å². The highest BCUT2D eigenvalue weighted by Gasteiger charge is 2.41. The minimum Gasteiger partial charge on any atom is -0.365 e. The van der Waals surface area contributed by atoms with Gasteiger partial charge in [-0.2, -0.15) is 11.8 Å². The lowest BCUT2D eigenvalue weighted by molar-refractivity contribution is -0.213. The fraction of sp³-hybridized carbons (Fsp3) is 1.00. The molecule has 12 heavy (non-hydrogen) atoms. The van der Waals surface area contributed by atoms with Gasteiger partial charge >= 0.3 is 0 Å². The molecule has 1 aliphatic carbocycles. The van der Waals surface area contributed by atoms with E-state index in [4.69, 9.17) is 4.74 Å². The first-order valence-electron chi connectivity index (χ1n) is 4.79. The lowest BCUT2D eigenvalue weighted by Gasteiger charge is -2.37. The zero-order valence-electron chi connectivity index (χ0n) is 7.29. The van der Waals surface area contributed by atoms with Crippen LogP contribution in [0.25, 0.3) is 0 Å². The van der Waals surface area contributed by atoms with Crippen molar-refractivity contribution in [2.75, 3.05) is 12.4 Å². The number of hydrogen-bond donors (Lipinski definition) is 1. The standard InChI is InChI=1S/C9H16O2S/c10-9-5-2-1-4-8(9)12-7-3-6-11-9/h8,10H,1-7H2. The van der Waals surface area contributed by atoms with Gasteiger partial charge in [0, 0.05) is 6.42 Å². The number of hydrogen-bond acceptors (Lipinski definition) is 3. The average molecular weight is 188 g/mol. The SMILES string of the molecule is OC12CCCCC1SCCCO2. The summed E-state index contributed by atoms with van der Waals surface area (Å²) < 4.78 is 5.53. The van der Waals surface area contributed by atoms with Crippen molar-refractivity contribution < 1.29 is 9.84 Å². The van der Waals surface area contributed by atoms with Gasteiger partial charge in [-0.05, 0) is 25.0 Å². The Morgan fingerprint density at radius 3 is 3.17 bits per heavy atom. The van der Waals surface area contributed by atoms with Gasteiger partial charge in [0.2, 0.25) is 0 Å². The molecule has 0 aromatic rings. The summed E-state index contributed by atoms with van der Waals surface area (Å²) in [5, 5.41) is 10.5. The maximum atomic E-state index is 10.1. The molecule has 2 rings (SSSR count). The van der Waals surface area contributed by atoms with Crippen molar-refractivity contribution in [1.29, 1.82) is 0 Å². The molecule has 0 radical (unpaired) electrons. The number of rotatable bonds is 0. The van der Waals surface area contributed by atoms with Crippen LogP contribution in [-0.4, -0.2) is 28.5 Å². The van der Waals surface area contributed by atoms with Crippen LogP contribution >= 0.6 is 11.8 Å². The number of aliphatic hydroxyl groups is 1. The molecule has 0 aromatic heterocycles. The molecule has 1 heterocycles. The van der Waals surface area contributed by atoms with Crippen molar-refractivity contribution in [3.63, 3.8) is 0 Å². The van der Waals surface area contributed by atoms with Gasteiger partial charge < -0.3 is 9.84 Å². The van der Waals surface area contributed by atoms with E-state index in [1.165, 1.54) is 6.42 Å². The zero-order valence-corrected chi connectivity index (χ0v) is 8.11. The Balaban J connectivity index is 2.07. The predicted octanol–water partition coefficient (Wildman–Crippen LogP) is 1.77. The van der Waals surface area contributed by atoms with Crippen LogP contribution in [0.1, 0.15) is 32.1 Å². The summed E-state index contributed by atoms with van der Waals surface area (Å²) in [5.74, 6) is 0.367. The first-order valence-corrected chi connectivity index (χ1v) is 5.84. The van der Waals surface area contributed by atoms with Crippen LogP contribution in [0.4, 0.5) is 0 Å². The molecule has 70 valence electrons. The first-order chi connectivity index (χ1) is 5.81. The van der Waals surface area contributed by atoms with E-state index < -0.39 is 5.79 Å². The molecule has 0 spiro atoms. The quantitative estimate of drug-likeness (QED) is 0.628. The van der Waals surface area contributed by atoms with Gasteiger partial charge in [0.25, 0.3) is 0 Å². The summed E-state index contributed by atoms with van der Waals surface area (Å²) in [6.07, 6.45) is 5.42. The van der Waals surface area contributed by atoms with E-state index in [0.29, 0.717) is 5.25 Å². The second-order valence-corrected chi connectivity index (χ2v) is 4.96. The summed E-state index contributed by atoms with van der Waals surface area (Å²) in [6.45, 7) is 0.736. The number of thioether (sulfide) groups is 1. The number of ether oxygens (including phenoxy) is 1. The highest BCUT2D eigenvalue weighted by Crippen LogP contribution is 2.39. The molecule has 0 amide bonds. The lowest BCUT2D eigenvalue weighted by Crippen LogP contribution is -2.44. The summed E-state index contributed by atoms with van der Waals surface area (Å²) in [4.78, 5) is 0. The van der Waals surface area contributed by atoms with Crippen LogP contribution < -0.4 is 0 Å². The maximum absolute atomic E-state index is 10.1. The smallest absolute Gasteiger partial charge is 0.177 e. The van der Waals surface area contributed by atoms with Gasteiger partial charge in [0.15, 0.2) is 5.79 Å². The van der Waals surface area contributed by atoms with Crippen molar-refractivity contribution in [2.24, 2.45) is 0 Å². The molecule has 1 saturated heterocycles. The Morgan fingerprint density at radius 1 is 1.33 bits per heavy atom. The molecular formula is C9H16O2S. The summed E-state index contributed by atoms with van der Waals surface area (Å²) in [6, 6.07) is 0. The second kappa shape index (κ2) is 3.56. The van der Waals surface area contributed by atoms with Gasteiger partial charge in [-0.25, -0.2) is 0 Å². The van der Waals surface area contributed by atoms with Gasteiger partial charge in [-0.1, -0.05) is 6.42 Å². The molecule has 2 unspecified atom stereocenters. The summed E-state index contributed by atoms with van der Waals surface area (Å²) in [5.41, 5.74) is 0. The zero-order chi connectivity index (χ0) is 8.44. The van der Waals surface area contributed by atoms with Crippen LogP contribution in [0, 0.1) is 0 Å². The third kappa shape index (κ3) is 1.63. The van der Waals surface area contributed by atoms with Crippen LogP contribution in [-0.2, 0) is 4.74 Å². The van der Waals surface area contributed by atoms with E-state index in [0.717, 1.165) is 38.0 Å². The highest BCUT2D eigenvalue weighted by atomic mass is 32.2. The Morgan fingerprint density at radius 2 is 2.25 bits per heavy atom. The molecule has 1 aliphatic heterocycles. The van der Waals surface area contributed by atoms with E-state index in [9.17, 15) is 5.11 Å². The fourth-order valence-electron chi connectivity index (χ4n) is 2.01. The lowest BCUT2D eigenvalue weighted by atomic mass is 9.93. The molecule has 2 fully saturated rings. The predicted molar refractivity (Wildman–Crippen MR) is 50.2 cm³/mol. The van der Waals surface area contributed by atoms with Crippen molar-refractivity contribution in [1.82, 2.24) is 0 Å². The molecule has 2 aliphatic rings.